The Morgan fingerprint density at radius 2 is 2.10 bits per heavy atom. The number of aryl methyl sites for hydroxylation is 1. The van der Waals surface area contributed by atoms with Gasteiger partial charge in [0.25, 0.3) is 0 Å². The molecule has 3 rings (SSSR count). The highest BCUT2D eigenvalue weighted by Gasteiger charge is 2.45. The third kappa shape index (κ3) is 2.85. The second kappa shape index (κ2) is 5.29. The number of halogens is 1. The van der Waals surface area contributed by atoms with E-state index < -0.39 is 0 Å². The maximum absolute atomic E-state index is 12.1. The lowest BCUT2D eigenvalue weighted by atomic mass is 10.0. The van der Waals surface area contributed by atoms with Gasteiger partial charge in [0, 0.05) is 30.4 Å². The highest BCUT2D eigenvalue weighted by molar-refractivity contribution is 6.30. The summed E-state index contributed by atoms with van der Waals surface area (Å²) < 4.78 is 1.90. The minimum atomic E-state index is -0.170. The Morgan fingerprint density at radius 3 is 2.70 bits per heavy atom. The fraction of sp³-hybridized carbons (Fsp3) is 0.333. The van der Waals surface area contributed by atoms with E-state index in [0.717, 1.165) is 23.4 Å². The molecule has 1 aromatic carbocycles. The minimum Gasteiger partial charge on any atom is -0.347 e. The lowest BCUT2D eigenvalue weighted by molar-refractivity contribution is -0.122. The zero-order valence-corrected chi connectivity index (χ0v) is 11.8. The summed E-state index contributed by atoms with van der Waals surface area (Å²) in [5.41, 5.74) is 0.967. The van der Waals surface area contributed by atoms with Gasteiger partial charge in [0.15, 0.2) is 0 Å². The van der Waals surface area contributed by atoms with Gasteiger partial charge in [-0.1, -0.05) is 23.7 Å². The number of nitrogens with one attached hydrogen (secondary N) is 1. The van der Waals surface area contributed by atoms with Gasteiger partial charge in [0.1, 0.15) is 0 Å². The number of imidazole rings is 1. The van der Waals surface area contributed by atoms with Gasteiger partial charge in [0.05, 0.1) is 11.9 Å². The van der Waals surface area contributed by atoms with Crippen LogP contribution in [0.1, 0.15) is 24.8 Å². The van der Waals surface area contributed by atoms with Gasteiger partial charge >= 0.3 is 0 Å². The van der Waals surface area contributed by atoms with Crippen LogP contribution in [0.15, 0.2) is 43.0 Å². The summed E-state index contributed by atoms with van der Waals surface area (Å²) in [6.07, 6.45) is 7.75. The smallest absolute Gasteiger partial charge is 0.222 e. The normalized spacial score (nSPS) is 15.8. The van der Waals surface area contributed by atoms with Crippen LogP contribution in [0.3, 0.4) is 0 Å². The third-order valence-electron chi connectivity index (χ3n) is 3.68. The largest absolute Gasteiger partial charge is 0.347 e. The highest BCUT2D eigenvalue weighted by Crippen LogP contribution is 2.45. The molecule has 1 fully saturated rings. The van der Waals surface area contributed by atoms with Gasteiger partial charge in [-0.3, -0.25) is 4.79 Å². The second-order valence-electron chi connectivity index (χ2n) is 5.19. The van der Waals surface area contributed by atoms with E-state index in [0.29, 0.717) is 13.0 Å². The van der Waals surface area contributed by atoms with Crippen LogP contribution < -0.4 is 5.32 Å². The minimum absolute atomic E-state index is 0.0751. The number of nitrogens with zero attached hydrogens (tertiary/aromatic N) is 2. The van der Waals surface area contributed by atoms with Gasteiger partial charge in [-0.25, -0.2) is 4.98 Å². The molecule has 0 spiro atoms. The average Bonchev–Trinajstić information content (AvgIpc) is 3.03. The predicted molar refractivity (Wildman–Crippen MR) is 77.4 cm³/mol. The van der Waals surface area contributed by atoms with Gasteiger partial charge < -0.3 is 9.88 Å². The summed E-state index contributed by atoms with van der Waals surface area (Å²) in [6, 6.07) is 7.72. The maximum Gasteiger partial charge on any atom is 0.222 e. The maximum atomic E-state index is 12.1. The molecule has 0 bridgehead atoms. The van der Waals surface area contributed by atoms with E-state index in [4.69, 9.17) is 11.6 Å². The van der Waals surface area contributed by atoms with E-state index in [1.807, 2.05) is 35.0 Å². The first-order valence-corrected chi connectivity index (χ1v) is 7.09. The summed E-state index contributed by atoms with van der Waals surface area (Å²) in [5.74, 6) is 0.0751. The molecule has 0 radical (unpaired) electrons. The molecule has 0 unspecified atom stereocenters. The molecule has 1 amide bonds. The summed E-state index contributed by atoms with van der Waals surface area (Å²) in [4.78, 5) is 16.0. The summed E-state index contributed by atoms with van der Waals surface area (Å²) in [5, 5.41) is 3.87. The molecule has 1 aliphatic carbocycles. The molecule has 0 saturated heterocycles. The topological polar surface area (TPSA) is 46.9 Å². The lowest BCUT2D eigenvalue weighted by Gasteiger charge is -2.18. The quantitative estimate of drug-likeness (QED) is 0.920. The number of aromatic nitrogens is 2. The number of rotatable bonds is 5. The molecule has 2 aromatic rings. The Morgan fingerprint density at radius 1 is 1.35 bits per heavy atom. The molecule has 0 atom stereocenters. The van der Waals surface area contributed by atoms with E-state index >= 15 is 0 Å². The first kappa shape index (κ1) is 13.2. The number of amides is 1. The van der Waals surface area contributed by atoms with Crippen LogP contribution in [-0.4, -0.2) is 15.5 Å². The van der Waals surface area contributed by atoms with E-state index in [2.05, 4.69) is 10.3 Å². The third-order valence-corrected chi connectivity index (χ3v) is 3.93. The first-order valence-electron chi connectivity index (χ1n) is 6.71. The highest BCUT2D eigenvalue weighted by atomic mass is 35.5. The molecule has 20 heavy (non-hydrogen) atoms. The fourth-order valence-corrected chi connectivity index (χ4v) is 2.48. The lowest BCUT2D eigenvalue weighted by Crippen LogP contribution is -2.35. The standard InChI is InChI=1S/C15H16ClN3O/c16-13-3-1-12(2-4-13)15(6-7-15)18-14(20)5-9-19-10-8-17-11-19/h1-4,8,10-11H,5-7,9H2,(H,18,20). The van der Waals surface area contributed by atoms with Gasteiger partial charge in [-0.15, -0.1) is 0 Å². The van der Waals surface area contributed by atoms with E-state index in [1.165, 1.54) is 0 Å². The Labute approximate surface area is 122 Å². The van der Waals surface area contributed by atoms with E-state index in [-0.39, 0.29) is 11.4 Å². The van der Waals surface area contributed by atoms with Gasteiger partial charge in [-0.2, -0.15) is 0 Å². The Hall–Kier alpha value is -1.81. The van der Waals surface area contributed by atoms with Crippen LogP contribution in [0, 0.1) is 0 Å². The van der Waals surface area contributed by atoms with Crippen LogP contribution in [0.25, 0.3) is 0 Å². The Kier molecular flexibility index (Phi) is 3.49. The zero-order chi connectivity index (χ0) is 14.0. The van der Waals surface area contributed by atoms with Crippen LogP contribution in [0.4, 0.5) is 0 Å². The molecule has 0 aliphatic heterocycles. The first-order chi connectivity index (χ1) is 9.68. The van der Waals surface area contributed by atoms with Crippen LogP contribution in [0.5, 0.6) is 0 Å². The van der Waals surface area contributed by atoms with Crippen molar-refractivity contribution in [2.24, 2.45) is 0 Å². The Balaban J connectivity index is 1.59. The van der Waals surface area contributed by atoms with Crippen molar-refractivity contribution in [3.05, 3.63) is 53.6 Å². The molecular weight excluding hydrogens is 274 g/mol. The van der Waals surface area contributed by atoms with E-state index in [1.54, 1.807) is 12.5 Å². The number of hydrogen-bond donors (Lipinski definition) is 1. The van der Waals surface area contributed by atoms with Crippen molar-refractivity contribution >= 4 is 17.5 Å². The SMILES string of the molecule is O=C(CCn1ccnc1)NC1(c2ccc(Cl)cc2)CC1. The summed E-state index contributed by atoms with van der Waals surface area (Å²) in [6.45, 7) is 0.655. The van der Waals surface area contributed by atoms with Crippen molar-refractivity contribution in [2.75, 3.05) is 0 Å². The van der Waals surface area contributed by atoms with Crippen molar-refractivity contribution in [1.82, 2.24) is 14.9 Å². The molecule has 4 nitrogen and oxygen atoms in total. The number of carbonyl (C=O) groups excluding carboxylic acids is 1. The molecule has 1 heterocycles. The van der Waals surface area contributed by atoms with Crippen molar-refractivity contribution in [2.45, 2.75) is 31.3 Å². The molecule has 5 heteroatoms. The second-order valence-corrected chi connectivity index (χ2v) is 5.62. The van der Waals surface area contributed by atoms with Crippen LogP contribution in [0.2, 0.25) is 5.02 Å². The van der Waals surface area contributed by atoms with Crippen LogP contribution >= 0.6 is 11.6 Å². The molecule has 104 valence electrons. The Bertz CT molecular complexity index is 588. The zero-order valence-electron chi connectivity index (χ0n) is 11.1. The number of carbonyl (C=O) groups is 1. The molecule has 1 aliphatic rings. The fourth-order valence-electron chi connectivity index (χ4n) is 2.36. The molecule has 1 saturated carbocycles. The predicted octanol–water partition coefficient (Wildman–Crippen LogP) is 2.73. The monoisotopic (exact) mass is 289 g/mol. The van der Waals surface area contributed by atoms with Gasteiger partial charge in [-0.05, 0) is 30.5 Å². The number of benzene rings is 1. The average molecular weight is 290 g/mol. The molecule has 1 N–H and O–H groups in total. The van der Waals surface area contributed by atoms with Crippen molar-refractivity contribution in [3.63, 3.8) is 0 Å². The summed E-state index contributed by atoms with van der Waals surface area (Å²) in [7, 11) is 0. The van der Waals surface area contributed by atoms with E-state index in [9.17, 15) is 4.79 Å². The summed E-state index contributed by atoms with van der Waals surface area (Å²) >= 11 is 5.90. The number of hydrogen-bond acceptors (Lipinski definition) is 2. The van der Waals surface area contributed by atoms with Crippen molar-refractivity contribution in [1.29, 1.82) is 0 Å². The van der Waals surface area contributed by atoms with Crippen molar-refractivity contribution < 1.29 is 4.79 Å². The van der Waals surface area contributed by atoms with Crippen LogP contribution in [-0.2, 0) is 16.9 Å². The molecular formula is C15H16ClN3O. The molecule has 1 aromatic heterocycles. The van der Waals surface area contributed by atoms with Gasteiger partial charge in [0.2, 0.25) is 5.91 Å². The van der Waals surface area contributed by atoms with Crippen molar-refractivity contribution in [3.8, 4) is 0 Å².